The fourth-order valence-electron chi connectivity index (χ4n) is 2.00. The second kappa shape index (κ2) is 4.01. The van der Waals surface area contributed by atoms with Crippen molar-refractivity contribution in [1.29, 1.82) is 0 Å². The lowest BCUT2D eigenvalue weighted by atomic mass is 10.2. The Morgan fingerprint density at radius 3 is 2.82 bits per heavy atom. The normalized spacial score (nSPS) is 14.5. The summed E-state index contributed by atoms with van der Waals surface area (Å²) in [6.07, 6.45) is 1.71. The van der Waals surface area contributed by atoms with Gasteiger partial charge in [-0.15, -0.1) is 10.2 Å². The quantitative estimate of drug-likeness (QED) is 0.729. The Bertz CT molecular complexity index is 534. The maximum absolute atomic E-state index is 12.2. The zero-order chi connectivity index (χ0) is 11.7. The molecule has 5 nitrogen and oxygen atoms in total. The molecule has 0 saturated carbocycles. The zero-order valence-corrected chi connectivity index (χ0v) is 9.28. The van der Waals surface area contributed by atoms with Crippen LogP contribution in [0.15, 0.2) is 36.7 Å². The standard InChI is InChI=1S/C12H12N4O/c17-12(10-4-2-1-3-5-10)15-6-7-16-9-13-14-11(16)8-15/h1-5,9H,6-8H2. The monoisotopic (exact) mass is 228 g/mol. The smallest absolute Gasteiger partial charge is 0.254 e. The van der Waals surface area contributed by atoms with Crippen molar-refractivity contribution in [3.63, 3.8) is 0 Å². The van der Waals surface area contributed by atoms with Crippen molar-refractivity contribution in [3.8, 4) is 0 Å². The number of aromatic nitrogens is 3. The molecule has 5 heteroatoms. The molecule has 17 heavy (non-hydrogen) atoms. The Balaban J connectivity index is 1.81. The summed E-state index contributed by atoms with van der Waals surface area (Å²) in [6.45, 7) is 2.01. The number of fused-ring (bicyclic) bond motifs is 1. The Kier molecular flexibility index (Phi) is 2.36. The van der Waals surface area contributed by atoms with Gasteiger partial charge in [0.15, 0.2) is 5.82 Å². The second-order valence-electron chi connectivity index (χ2n) is 4.03. The average molecular weight is 228 g/mol. The molecule has 1 amide bonds. The molecule has 1 aromatic heterocycles. The average Bonchev–Trinajstić information content (AvgIpc) is 2.86. The number of hydrogen-bond acceptors (Lipinski definition) is 3. The van der Waals surface area contributed by atoms with Crippen LogP contribution in [-0.4, -0.2) is 32.1 Å². The lowest BCUT2D eigenvalue weighted by Crippen LogP contribution is -2.38. The molecule has 1 aromatic carbocycles. The maximum atomic E-state index is 12.2. The van der Waals surface area contributed by atoms with E-state index in [0.29, 0.717) is 13.1 Å². The van der Waals surface area contributed by atoms with E-state index in [9.17, 15) is 4.79 Å². The predicted molar refractivity (Wildman–Crippen MR) is 61.2 cm³/mol. The van der Waals surface area contributed by atoms with Gasteiger partial charge in [0.05, 0.1) is 6.54 Å². The van der Waals surface area contributed by atoms with Crippen molar-refractivity contribution in [2.24, 2.45) is 0 Å². The van der Waals surface area contributed by atoms with Gasteiger partial charge in [-0.2, -0.15) is 0 Å². The molecule has 3 rings (SSSR count). The van der Waals surface area contributed by atoms with Crippen molar-refractivity contribution in [1.82, 2.24) is 19.7 Å². The number of carbonyl (C=O) groups is 1. The van der Waals surface area contributed by atoms with Crippen molar-refractivity contribution in [2.75, 3.05) is 6.54 Å². The molecule has 2 heterocycles. The minimum absolute atomic E-state index is 0.0554. The summed E-state index contributed by atoms with van der Waals surface area (Å²) in [4.78, 5) is 14.0. The van der Waals surface area contributed by atoms with E-state index in [0.717, 1.165) is 17.9 Å². The SMILES string of the molecule is O=C(c1ccccc1)N1CCn2cnnc2C1. The highest BCUT2D eigenvalue weighted by molar-refractivity contribution is 5.94. The van der Waals surface area contributed by atoms with Crippen LogP contribution in [0.3, 0.4) is 0 Å². The van der Waals surface area contributed by atoms with E-state index < -0.39 is 0 Å². The number of amides is 1. The number of carbonyl (C=O) groups excluding carboxylic acids is 1. The lowest BCUT2D eigenvalue weighted by molar-refractivity contribution is 0.0707. The number of rotatable bonds is 1. The summed E-state index contributed by atoms with van der Waals surface area (Å²) in [5.41, 5.74) is 0.723. The molecule has 0 fully saturated rings. The molecule has 0 unspecified atom stereocenters. The minimum atomic E-state index is 0.0554. The van der Waals surface area contributed by atoms with Crippen LogP contribution in [-0.2, 0) is 13.1 Å². The van der Waals surface area contributed by atoms with Crippen LogP contribution in [0.25, 0.3) is 0 Å². The third kappa shape index (κ3) is 1.80. The highest BCUT2D eigenvalue weighted by Crippen LogP contribution is 2.12. The van der Waals surface area contributed by atoms with Gasteiger partial charge >= 0.3 is 0 Å². The van der Waals surface area contributed by atoms with E-state index in [1.807, 2.05) is 34.9 Å². The van der Waals surface area contributed by atoms with Gasteiger partial charge in [-0.1, -0.05) is 18.2 Å². The summed E-state index contributed by atoms with van der Waals surface area (Å²) in [5, 5.41) is 7.85. The summed E-state index contributed by atoms with van der Waals surface area (Å²) < 4.78 is 1.98. The molecule has 0 N–H and O–H groups in total. The number of hydrogen-bond donors (Lipinski definition) is 0. The predicted octanol–water partition coefficient (Wildman–Crippen LogP) is 0.934. The Hall–Kier alpha value is -2.17. The highest BCUT2D eigenvalue weighted by atomic mass is 16.2. The summed E-state index contributed by atoms with van der Waals surface area (Å²) in [7, 11) is 0. The van der Waals surface area contributed by atoms with Gasteiger partial charge in [0.25, 0.3) is 5.91 Å². The van der Waals surface area contributed by atoms with Gasteiger partial charge in [-0.3, -0.25) is 4.79 Å². The van der Waals surface area contributed by atoms with Gasteiger partial charge in [-0.25, -0.2) is 0 Å². The summed E-state index contributed by atoms with van der Waals surface area (Å²) in [6, 6.07) is 9.33. The third-order valence-corrected chi connectivity index (χ3v) is 2.95. The van der Waals surface area contributed by atoms with Gasteiger partial charge in [0, 0.05) is 18.7 Å². The fourth-order valence-corrected chi connectivity index (χ4v) is 2.00. The zero-order valence-electron chi connectivity index (χ0n) is 9.28. The van der Waals surface area contributed by atoms with Gasteiger partial charge < -0.3 is 9.47 Å². The topological polar surface area (TPSA) is 51.0 Å². The van der Waals surface area contributed by atoms with Crippen LogP contribution in [0.2, 0.25) is 0 Å². The van der Waals surface area contributed by atoms with Gasteiger partial charge in [0.2, 0.25) is 0 Å². The molecule has 0 bridgehead atoms. The maximum Gasteiger partial charge on any atom is 0.254 e. The van der Waals surface area contributed by atoms with E-state index in [2.05, 4.69) is 10.2 Å². The van der Waals surface area contributed by atoms with Crippen LogP contribution < -0.4 is 0 Å². The van der Waals surface area contributed by atoms with Gasteiger partial charge in [0.1, 0.15) is 6.33 Å². The summed E-state index contributed by atoms with van der Waals surface area (Å²) in [5.74, 6) is 0.903. The first kappa shape index (κ1) is 10.0. The molecule has 86 valence electrons. The molecule has 0 radical (unpaired) electrons. The Morgan fingerprint density at radius 1 is 1.18 bits per heavy atom. The molecule has 1 aliphatic rings. The molecule has 0 aliphatic carbocycles. The van der Waals surface area contributed by atoms with E-state index in [1.54, 1.807) is 11.2 Å². The first-order valence-corrected chi connectivity index (χ1v) is 5.55. The first-order chi connectivity index (χ1) is 8.34. The van der Waals surface area contributed by atoms with Gasteiger partial charge in [-0.05, 0) is 12.1 Å². The molecular weight excluding hydrogens is 216 g/mol. The second-order valence-corrected chi connectivity index (χ2v) is 4.03. The van der Waals surface area contributed by atoms with Crippen LogP contribution in [0.4, 0.5) is 0 Å². The number of nitrogens with zero attached hydrogens (tertiary/aromatic N) is 4. The van der Waals surface area contributed by atoms with E-state index >= 15 is 0 Å². The molecule has 0 atom stereocenters. The lowest BCUT2D eigenvalue weighted by Gasteiger charge is -2.27. The van der Waals surface area contributed by atoms with E-state index in [-0.39, 0.29) is 5.91 Å². The van der Waals surface area contributed by atoms with Crippen LogP contribution in [0.5, 0.6) is 0 Å². The molecule has 0 spiro atoms. The highest BCUT2D eigenvalue weighted by Gasteiger charge is 2.22. The molecule has 1 aliphatic heterocycles. The van der Waals surface area contributed by atoms with Crippen molar-refractivity contribution in [2.45, 2.75) is 13.1 Å². The molecule has 0 saturated heterocycles. The van der Waals surface area contributed by atoms with Crippen LogP contribution >= 0.6 is 0 Å². The summed E-state index contributed by atoms with van der Waals surface area (Å²) >= 11 is 0. The third-order valence-electron chi connectivity index (χ3n) is 2.95. The van der Waals surface area contributed by atoms with Crippen molar-refractivity contribution in [3.05, 3.63) is 48.0 Å². The molecular formula is C12H12N4O. The molecule has 2 aromatic rings. The minimum Gasteiger partial charge on any atom is -0.329 e. The van der Waals surface area contributed by atoms with E-state index in [1.165, 1.54) is 0 Å². The van der Waals surface area contributed by atoms with E-state index in [4.69, 9.17) is 0 Å². The Labute approximate surface area is 98.7 Å². The number of benzene rings is 1. The van der Waals surface area contributed by atoms with Crippen LogP contribution in [0.1, 0.15) is 16.2 Å². The largest absolute Gasteiger partial charge is 0.329 e. The Morgan fingerprint density at radius 2 is 2.00 bits per heavy atom. The van der Waals surface area contributed by atoms with Crippen molar-refractivity contribution >= 4 is 5.91 Å². The van der Waals surface area contributed by atoms with Crippen LogP contribution in [0, 0.1) is 0 Å². The van der Waals surface area contributed by atoms with Crippen molar-refractivity contribution < 1.29 is 4.79 Å². The first-order valence-electron chi connectivity index (χ1n) is 5.55. The fraction of sp³-hybridized carbons (Fsp3) is 0.250.